The van der Waals surface area contributed by atoms with E-state index in [2.05, 4.69) is 4.72 Å². The molecule has 1 aromatic carbocycles. The molecule has 1 rings (SSSR count). The third-order valence-electron chi connectivity index (χ3n) is 2.85. The third-order valence-corrected chi connectivity index (χ3v) is 5.41. The Morgan fingerprint density at radius 2 is 1.71 bits per heavy atom. The van der Waals surface area contributed by atoms with Gasteiger partial charge in [0, 0.05) is 11.6 Å². The van der Waals surface area contributed by atoms with Crippen LogP contribution in [0.15, 0.2) is 17.0 Å². The molecule has 1 aromatic rings. The monoisotopic (exact) mass is 373 g/mol. The van der Waals surface area contributed by atoms with Crippen molar-refractivity contribution in [2.75, 3.05) is 6.54 Å². The highest BCUT2D eigenvalue weighted by Gasteiger charge is 2.27. The summed E-state index contributed by atoms with van der Waals surface area (Å²) < 4.78 is 26.7. The molecule has 1 atom stereocenters. The Bertz CT molecular complexity index is 623. The summed E-state index contributed by atoms with van der Waals surface area (Å²) in [5.74, 6) is -2.17. The highest BCUT2D eigenvalue weighted by Crippen LogP contribution is 2.32. The quantitative estimate of drug-likeness (QED) is 0.800. The smallest absolute Gasteiger partial charge is 0.308 e. The Labute approximate surface area is 138 Å². The van der Waals surface area contributed by atoms with E-state index in [0.717, 1.165) is 0 Å². The predicted molar refractivity (Wildman–Crippen MR) is 82.6 cm³/mol. The maximum Gasteiger partial charge on any atom is 0.308 e. The van der Waals surface area contributed by atoms with Crippen LogP contribution in [0.5, 0.6) is 0 Å². The number of aliphatic carboxylic acids is 1. The minimum Gasteiger partial charge on any atom is -0.481 e. The van der Waals surface area contributed by atoms with E-state index in [1.54, 1.807) is 13.8 Å². The van der Waals surface area contributed by atoms with Crippen molar-refractivity contribution >= 4 is 50.8 Å². The zero-order valence-electron chi connectivity index (χ0n) is 11.2. The number of sulfonamides is 1. The van der Waals surface area contributed by atoms with Crippen molar-refractivity contribution in [3.63, 3.8) is 0 Å². The Morgan fingerprint density at radius 1 is 1.24 bits per heavy atom. The summed E-state index contributed by atoms with van der Waals surface area (Å²) in [5.41, 5.74) is 0. The standard InChI is InChI=1S/C12H14Cl3NO4S/c1-6(2)8(12(17)18)5-16-21(19,20)11-9(14)3-7(13)4-10(11)15/h3-4,6,8,16H,5H2,1-2H3,(H,17,18). The number of hydrogen-bond acceptors (Lipinski definition) is 3. The van der Waals surface area contributed by atoms with E-state index in [4.69, 9.17) is 39.9 Å². The molecule has 0 fully saturated rings. The van der Waals surface area contributed by atoms with Crippen LogP contribution in [0.25, 0.3) is 0 Å². The molecule has 0 spiro atoms. The Kier molecular flexibility index (Phi) is 6.31. The van der Waals surface area contributed by atoms with Gasteiger partial charge in [0.2, 0.25) is 10.0 Å². The summed E-state index contributed by atoms with van der Waals surface area (Å²) >= 11 is 17.4. The lowest BCUT2D eigenvalue weighted by molar-refractivity contribution is -0.142. The number of rotatable bonds is 6. The first-order valence-electron chi connectivity index (χ1n) is 5.93. The van der Waals surface area contributed by atoms with E-state index < -0.39 is 21.9 Å². The van der Waals surface area contributed by atoms with Crippen molar-refractivity contribution in [2.45, 2.75) is 18.7 Å². The predicted octanol–water partition coefficient (Wildman–Crippen LogP) is 3.28. The summed E-state index contributed by atoms with van der Waals surface area (Å²) in [6.45, 7) is 3.12. The first-order chi connectivity index (χ1) is 9.56. The van der Waals surface area contributed by atoms with Gasteiger partial charge in [0.05, 0.1) is 16.0 Å². The molecule has 21 heavy (non-hydrogen) atoms. The SMILES string of the molecule is CC(C)C(CNS(=O)(=O)c1c(Cl)cc(Cl)cc1Cl)C(=O)O. The molecule has 5 nitrogen and oxygen atoms in total. The van der Waals surface area contributed by atoms with Crippen LogP contribution in [0.2, 0.25) is 15.1 Å². The van der Waals surface area contributed by atoms with Crippen LogP contribution in [0.4, 0.5) is 0 Å². The number of hydrogen-bond donors (Lipinski definition) is 2. The van der Waals surface area contributed by atoms with Crippen LogP contribution in [-0.2, 0) is 14.8 Å². The molecule has 9 heteroatoms. The van der Waals surface area contributed by atoms with Crippen molar-refractivity contribution in [1.82, 2.24) is 4.72 Å². The van der Waals surface area contributed by atoms with Crippen LogP contribution >= 0.6 is 34.8 Å². The van der Waals surface area contributed by atoms with Crippen molar-refractivity contribution in [3.8, 4) is 0 Å². The molecule has 0 heterocycles. The molecule has 0 aromatic heterocycles. The van der Waals surface area contributed by atoms with Gasteiger partial charge in [-0.05, 0) is 18.1 Å². The fourth-order valence-corrected chi connectivity index (χ4v) is 4.27. The van der Waals surface area contributed by atoms with Gasteiger partial charge in [0.1, 0.15) is 4.90 Å². The normalized spacial score (nSPS) is 13.4. The average Bonchev–Trinajstić information content (AvgIpc) is 2.25. The van der Waals surface area contributed by atoms with E-state index in [-0.39, 0.29) is 32.4 Å². The maximum atomic E-state index is 12.2. The van der Waals surface area contributed by atoms with E-state index in [1.165, 1.54) is 12.1 Å². The number of carboxylic acid groups (broad SMARTS) is 1. The first kappa shape index (κ1) is 18.5. The van der Waals surface area contributed by atoms with Gasteiger partial charge in [-0.3, -0.25) is 4.79 Å². The first-order valence-corrected chi connectivity index (χ1v) is 8.55. The number of nitrogens with one attached hydrogen (secondary N) is 1. The second-order valence-electron chi connectivity index (χ2n) is 4.74. The molecule has 0 aliphatic heterocycles. The van der Waals surface area contributed by atoms with E-state index in [0.29, 0.717) is 0 Å². The number of benzene rings is 1. The lowest BCUT2D eigenvalue weighted by Crippen LogP contribution is -2.35. The van der Waals surface area contributed by atoms with Crippen molar-refractivity contribution in [1.29, 1.82) is 0 Å². The van der Waals surface area contributed by atoms with E-state index in [1.807, 2.05) is 0 Å². The number of carboxylic acids is 1. The third kappa shape index (κ3) is 4.72. The lowest BCUT2D eigenvalue weighted by atomic mass is 9.97. The summed E-state index contributed by atoms with van der Waals surface area (Å²) in [7, 11) is -4.04. The second-order valence-corrected chi connectivity index (χ2v) is 7.69. The summed E-state index contributed by atoms with van der Waals surface area (Å²) in [6.07, 6.45) is 0. The van der Waals surface area contributed by atoms with Crippen molar-refractivity contribution < 1.29 is 18.3 Å². The van der Waals surface area contributed by atoms with E-state index >= 15 is 0 Å². The molecule has 0 saturated carbocycles. The molecule has 118 valence electrons. The molecule has 0 bridgehead atoms. The Hall–Kier alpha value is -0.530. The van der Waals surface area contributed by atoms with Gasteiger partial charge in [-0.2, -0.15) is 0 Å². The molecular weight excluding hydrogens is 361 g/mol. The second kappa shape index (κ2) is 7.15. The minimum absolute atomic E-state index is 0.128. The molecule has 0 radical (unpaired) electrons. The summed E-state index contributed by atoms with van der Waals surface area (Å²) in [5, 5.41) is 9.00. The molecule has 0 saturated heterocycles. The Balaban J connectivity index is 3.06. The van der Waals surface area contributed by atoms with Crippen LogP contribution in [0.1, 0.15) is 13.8 Å². The van der Waals surface area contributed by atoms with Crippen LogP contribution in [0, 0.1) is 11.8 Å². The summed E-state index contributed by atoms with van der Waals surface area (Å²) in [4.78, 5) is 10.8. The van der Waals surface area contributed by atoms with Gasteiger partial charge in [-0.25, -0.2) is 13.1 Å². The topological polar surface area (TPSA) is 83.5 Å². The Morgan fingerprint density at radius 3 is 2.10 bits per heavy atom. The van der Waals surface area contributed by atoms with Gasteiger partial charge >= 0.3 is 5.97 Å². The molecular formula is C12H14Cl3NO4S. The average molecular weight is 375 g/mol. The summed E-state index contributed by atoms with van der Waals surface area (Å²) in [6, 6.07) is 2.50. The molecule has 0 aliphatic carbocycles. The fraction of sp³-hybridized carbons (Fsp3) is 0.417. The van der Waals surface area contributed by atoms with Crippen LogP contribution in [0.3, 0.4) is 0 Å². The zero-order valence-corrected chi connectivity index (χ0v) is 14.3. The van der Waals surface area contributed by atoms with E-state index in [9.17, 15) is 13.2 Å². The van der Waals surface area contributed by atoms with Gasteiger partial charge in [0.25, 0.3) is 0 Å². The highest BCUT2D eigenvalue weighted by molar-refractivity contribution is 7.89. The van der Waals surface area contributed by atoms with Gasteiger partial charge in [-0.15, -0.1) is 0 Å². The maximum absolute atomic E-state index is 12.2. The molecule has 0 amide bonds. The van der Waals surface area contributed by atoms with Gasteiger partial charge in [-0.1, -0.05) is 48.7 Å². The number of carbonyl (C=O) groups is 1. The zero-order chi connectivity index (χ0) is 16.4. The fourth-order valence-electron chi connectivity index (χ4n) is 1.67. The van der Waals surface area contributed by atoms with Crippen LogP contribution < -0.4 is 4.72 Å². The van der Waals surface area contributed by atoms with Gasteiger partial charge < -0.3 is 5.11 Å². The van der Waals surface area contributed by atoms with Gasteiger partial charge in [0.15, 0.2) is 0 Å². The van der Waals surface area contributed by atoms with Crippen molar-refractivity contribution in [2.24, 2.45) is 11.8 Å². The highest BCUT2D eigenvalue weighted by atomic mass is 35.5. The molecule has 2 N–H and O–H groups in total. The molecule has 0 aliphatic rings. The largest absolute Gasteiger partial charge is 0.481 e. The lowest BCUT2D eigenvalue weighted by Gasteiger charge is -2.17. The minimum atomic E-state index is -4.04. The van der Waals surface area contributed by atoms with Crippen molar-refractivity contribution in [3.05, 3.63) is 27.2 Å². The molecule has 1 unspecified atom stereocenters. The number of halogens is 3. The van der Waals surface area contributed by atoms with Crippen LogP contribution in [-0.4, -0.2) is 26.0 Å².